The van der Waals surface area contributed by atoms with Crippen molar-refractivity contribution in [2.75, 3.05) is 0 Å². The van der Waals surface area contributed by atoms with Gasteiger partial charge < -0.3 is 0 Å². The molecule has 0 heterocycles. The Morgan fingerprint density at radius 3 is 2.67 bits per heavy atom. The average Bonchev–Trinajstić information content (AvgIpc) is 2.05. The highest BCUT2D eigenvalue weighted by atomic mass is 35.5. The van der Waals surface area contributed by atoms with Gasteiger partial charge in [-0.15, -0.1) is 11.6 Å². The lowest BCUT2D eigenvalue weighted by Crippen LogP contribution is -1.84. The fourth-order valence-electron chi connectivity index (χ4n) is 1.17. The van der Waals surface area contributed by atoms with E-state index in [4.69, 9.17) is 11.6 Å². The topological polar surface area (TPSA) is 0 Å². The van der Waals surface area contributed by atoms with Gasteiger partial charge in [0.15, 0.2) is 0 Å². The van der Waals surface area contributed by atoms with Crippen molar-refractivity contribution in [2.45, 2.75) is 19.7 Å². The molecule has 1 aromatic carbocycles. The Kier molecular flexibility index (Phi) is 3.36. The third-order valence-corrected chi connectivity index (χ3v) is 2.16. The van der Waals surface area contributed by atoms with Gasteiger partial charge in [-0.3, -0.25) is 0 Å². The van der Waals surface area contributed by atoms with Crippen LogP contribution in [-0.4, -0.2) is 0 Å². The molecule has 0 aliphatic rings. The Balaban J connectivity index is 3.01. The van der Waals surface area contributed by atoms with Gasteiger partial charge in [-0.1, -0.05) is 30.4 Å². The molecular formula is C11H13Cl. The number of alkyl halides is 1. The van der Waals surface area contributed by atoms with Crippen LogP contribution >= 0.6 is 11.6 Å². The first-order valence-corrected chi connectivity index (χ1v) is 4.59. The monoisotopic (exact) mass is 180 g/mol. The Morgan fingerprint density at radius 1 is 1.42 bits per heavy atom. The zero-order valence-corrected chi connectivity index (χ0v) is 8.23. The van der Waals surface area contributed by atoms with E-state index >= 15 is 0 Å². The molecule has 0 aromatic heterocycles. The Bertz CT molecular complexity index is 287. The van der Waals surface area contributed by atoms with Crippen molar-refractivity contribution in [1.82, 2.24) is 0 Å². The molecule has 1 heteroatoms. The zero-order chi connectivity index (χ0) is 8.97. The van der Waals surface area contributed by atoms with E-state index in [0.29, 0.717) is 5.88 Å². The highest BCUT2D eigenvalue weighted by molar-refractivity contribution is 6.17. The van der Waals surface area contributed by atoms with Gasteiger partial charge in [0.1, 0.15) is 0 Å². The van der Waals surface area contributed by atoms with Crippen LogP contribution in [0.2, 0.25) is 0 Å². The minimum Gasteiger partial charge on any atom is -0.122 e. The normalized spacial score (nSPS) is 10.9. The summed E-state index contributed by atoms with van der Waals surface area (Å²) in [6.07, 6.45) is 4.13. The Morgan fingerprint density at radius 2 is 2.17 bits per heavy atom. The van der Waals surface area contributed by atoms with Crippen molar-refractivity contribution in [3.8, 4) is 0 Å². The molecule has 0 bridgehead atoms. The van der Waals surface area contributed by atoms with Crippen LogP contribution in [0.25, 0.3) is 6.08 Å². The number of hydrogen-bond donors (Lipinski definition) is 0. The minimum absolute atomic E-state index is 0.599. The minimum atomic E-state index is 0.599. The lowest BCUT2D eigenvalue weighted by Gasteiger charge is -2.02. The number of allylic oxidation sites excluding steroid dienone is 1. The first-order chi connectivity index (χ1) is 5.77. The summed E-state index contributed by atoms with van der Waals surface area (Å²) in [5.41, 5.74) is 3.72. The second-order valence-corrected chi connectivity index (χ2v) is 3.09. The molecule has 0 spiro atoms. The maximum Gasteiger partial charge on any atom is 0.0476 e. The van der Waals surface area contributed by atoms with Crippen LogP contribution in [0.4, 0.5) is 0 Å². The maximum absolute atomic E-state index is 5.74. The van der Waals surface area contributed by atoms with Crippen LogP contribution in [0.1, 0.15) is 23.6 Å². The molecule has 64 valence electrons. The first kappa shape index (κ1) is 9.34. The summed E-state index contributed by atoms with van der Waals surface area (Å²) in [6.45, 7) is 4.11. The van der Waals surface area contributed by atoms with E-state index in [1.807, 2.05) is 13.0 Å². The molecule has 0 radical (unpaired) electrons. The van der Waals surface area contributed by atoms with Crippen LogP contribution in [0.15, 0.2) is 24.3 Å². The standard InChI is InChI=1S/C11H13Cl/c1-3-4-10-5-6-11(8-12)9(2)7-10/h3-7H,8H2,1-2H3/b4-3+. The lowest BCUT2D eigenvalue weighted by molar-refractivity contribution is 1.29. The van der Waals surface area contributed by atoms with Crippen LogP contribution in [0.5, 0.6) is 0 Å². The summed E-state index contributed by atoms with van der Waals surface area (Å²) in [7, 11) is 0. The molecule has 1 rings (SSSR count). The molecule has 1 aromatic rings. The van der Waals surface area contributed by atoms with Crippen LogP contribution < -0.4 is 0 Å². The molecule has 0 saturated heterocycles. The van der Waals surface area contributed by atoms with Gasteiger partial charge in [-0.05, 0) is 30.5 Å². The molecule has 0 aliphatic heterocycles. The number of aryl methyl sites for hydroxylation is 1. The van der Waals surface area contributed by atoms with Crippen LogP contribution in [0.3, 0.4) is 0 Å². The Hall–Kier alpha value is -0.750. The number of rotatable bonds is 2. The van der Waals surface area contributed by atoms with Crippen molar-refractivity contribution in [3.05, 3.63) is 41.0 Å². The number of hydrogen-bond acceptors (Lipinski definition) is 0. The van der Waals surface area contributed by atoms with Gasteiger partial charge in [-0.25, -0.2) is 0 Å². The van der Waals surface area contributed by atoms with Crippen LogP contribution in [-0.2, 0) is 5.88 Å². The maximum atomic E-state index is 5.74. The molecule has 0 fully saturated rings. The predicted octanol–water partition coefficient (Wildman–Crippen LogP) is 3.77. The largest absolute Gasteiger partial charge is 0.122 e. The summed E-state index contributed by atoms with van der Waals surface area (Å²) in [6, 6.07) is 6.32. The van der Waals surface area contributed by atoms with Gasteiger partial charge in [0.25, 0.3) is 0 Å². The summed E-state index contributed by atoms with van der Waals surface area (Å²) in [5.74, 6) is 0.599. The fourth-order valence-corrected chi connectivity index (χ4v) is 1.46. The fraction of sp³-hybridized carbons (Fsp3) is 0.273. The SMILES string of the molecule is C/C=C/c1ccc(CCl)c(C)c1. The first-order valence-electron chi connectivity index (χ1n) is 4.06. The van der Waals surface area contributed by atoms with Gasteiger partial charge >= 0.3 is 0 Å². The lowest BCUT2D eigenvalue weighted by atomic mass is 10.1. The van der Waals surface area contributed by atoms with Gasteiger partial charge in [-0.2, -0.15) is 0 Å². The summed E-state index contributed by atoms with van der Waals surface area (Å²) >= 11 is 5.74. The van der Waals surface area contributed by atoms with E-state index in [1.54, 1.807) is 0 Å². The van der Waals surface area contributed by atoms with Crippen molar-refractivity contribution in [3.63, 3.8) is 0 Å². The zero-order valence-electron chi connectivity index (χ0n) is 7.47. The van der Waals surface area contributed by atoms with Crippen molar-refractivity contribution in [2.24, 2.45) is 0 Å². The van der Waals surface area contributed by atoms with Crippen molar-refractivity contribution < 1.29 is 0 Å². The Labute approximate surface area is 78.9 Å². The van der Waals surface area contributed by atoms with E-state index in [9.17, 15) is 0 Å². The molecule has 0 saturated carbocycles. The highest BCUT2D eigenvalue weighted by Gasteiger charge is 1.95. The van der Waals surface area contributed by atoms with Crippen molar-refractivity contribution in [1.29, 1.82) is 0 Å². The summed E-state index contributed by atoms with van der Waals surface area (Å²) < 4.78 is 0. The number of halogens is 1. The van der Waals surface area contributed by atoms with E-state index in [2.05, 4.69) is 31.2 Å². The molecule has 12 heavy (non-hydrogen) atoms. The van der Waals surface area contributed by atoms with Crippen LogP contribution in [0, 0.1) is 6.92 Å². The third kappa shape index (κ3) is 2.12. The average molecular weight is 181 g/mol. The number of benzene rings is 1. The van der Waals surface area contributed by atoms with E-state index < -0.39 is 0 Å². The predicted molar refractivity (Wildman–Crippen MR) is 55.4 cm³/mol. The second kappa shape index (κ2) is 4.32. The highest BCUT2D eigenvalue weighted by Crippen LogP contribution is 2.14. The van der Waals surface area contributed by atoms with E-state index in [1.165, 1.54) is 16.7 Å². The second-order valence-electron chi connectivity index (χ2n) is 2.82. The summed E-state index contributed by atoms with van der Waals surface area (Å²) in [4.78, 5) is 0. The molecule has 0 unspecified atom stereocenters. The van der Waals surface area contributed by atoms with E-state index in [-0.39, 0.29) is 0 Å². The molecule has 0 N–H and O–H groups in total. The van der Waals surface area contributed by atoms with Gasteiger partial charge in [0.05, 0.1) is 0 Å². The molecule has 0 atom stereocenters. The smallest absolute Gasteiger partial charge is 0.0476 e. The van der Waals surface area contributed by atoms with Gasteiger partial charge in [0.2, 0.25) is 0 Å². The van der Waals surface area contributed by atoms with E-state index in [0.717, 1.165) is 0 Å². The molecule has 0 aliphatic carbocycles. The molecular weight excluding hydrogens is 168 g/mol. The summed E-state index contributed by atoms with van der Waals surface area (Å²) in [5, 5.41) is 0. The quantitative estimate of drug-likeness (QED) is 0.608. The van der Waals surface area contributed by atoms with Crippen molar-refractivity contribution >= 4 is 17.7 Å². The molecule has 0 nitrogen and oxygen atoms in total. The third-order valence-electron chi connectivity index (χ3n) is 1.87. The molecule has 0 amide bonds. The van der Waals surface area contributed by atoms with Gasteiger partial charge in [0, 0.05) is 5.88 Å².